The van der Waals surface area contributed by atoms with Crippen molar-refractivity contribution in [3.05, 3.63) is 0 Å². The van der Waals surface area contributed by atoms with Crippen molar-refractivity contribution in [2.45, 2.75) is 71.4 Å². The summed E-state index contributed by atoms with van der Waals surface area (Å²) >= 11 is 2.96. The first-order chi connectivity index (χ1) is 7.53. The summed E-state index contributed by atoms with van der Waals surface area (Å²) in [5.41, 5.74) is 0. The molecule has 0 saturated carbocycles. The summed E-state index contributed by atoms with van der Waals surface area (Å²) in [7, 11) is 0. The van der Waals surface area contributed by atoms with Gasteiger partial charge in [-0.15, -0.1) is 0 Å². The Morgan fingerprint density at radius 2 is 1.50 bits per heavy atom. The molecule has 10 aliphatic heterocycles. The molecule has 0 aromatic heterocycles. The summed E-state index contributed by atoms with van der Waals surface area (Å²) in [5, 5.41) is 0. The molecule has 5 atom stereocenters. The Bertz CT molecular complexity index is 833. The van der Waals surface area contributed by atoms with Gasteiger partial charge in [-0.2, -0.15) is 0 Å². The normalized spacial score (nSPS) is 128. The minimum atomic E-state index is -2.66. The maximum absolute atomic E-state index is 2.96. The molecule has 0 N–H and O–H groups in total. The molecule has 10 rings (SSSR count). The van der Waals surface area contributed by atoms with Gasteiger partial charge in [0.25, 0.3) is 0 Å². The van der Waals surface area contributed by atoms with E-state index in [0.717, 1.165) is 0 Å². The molecular weight excluding hydrogens is 351 g/mol. The fraction of sp³-hybridized carbons (Fsp3) is 1.00. The van der Waals surface area contributed by atoms with Crippen LogP contribution < -0.4 is 0 Å². The van der Waals surface area contributed by atoms with Crippen LogP contribution >= 0.6 is 22.6 Å². The molecule has 10 heterocycles. The van der Waals surface area contributed by atoms with Gasteiger partial charge >= 0.3 is 100 Å². The molecular formula is C14H17FeI. The maximum atomic E-state index is 2.96. The Balaban J connectivity index is 1.60. The van der Waals surface area contributed by atoms with Gasteiger partial charge in [0.1, 0.15) is 0 Å². The molecule has 10 saturated heterocycles. The molecule has 10 fully saturated rings. The Morgan fingerprint density at radius 3 is 1.75 bits per heavy atom. The van der Waals surface area contributed by atoms with Crippen LogP contribution in [0.1, 0.15) is 19.8 Å². The van der Waals surface area contributed by atoms with Crippen LogP contribution in [0.25, 0.3) is 0 Å². The molecule has 16 heavy (non-hydrogen) atoms. The van der Waals surface area contributed by atoms with E-state index in [1.807, 2.05) is 0 Å². The van der Waals surface area contributed by atoms with Gasteiger partial charge in [0.2, 0.25) is 0 Å². The van der Waals surface area contributed by atoms with Crippen molar-refractivity contribution in [2.75, 3.05) is 0 Å². The second-order valence-corrected chi connectivity index (χ2v) is 36.1. The number of hydrogen-bond donors (Lipinski definition) is 0. The fourth-order valence-electron chi connectivity index (χ4n) is 17.7. The standard InChI is InChI=1S/C9H12I.C5H5.Fe/c1-2-5-9(10)8-6-3-4-7-8;1-2-4-5-3-1;/h3-4,6-7,9H,2,5H2,1H3;1-5H;. The van der Waals surface area contributed by atoms with Crippen molar-refractivity contribution in [2.24, 2.45) is 0 Å². The van der Waals surface area contributed by atoms with E-state index in [1.165, 1.54) is 24.3 Å². The van der Waals surface area contributed by atoms with Crippen molar-refractivity contribution >= 4 is 22.6 Å². The van der Waals surface area contributed by atoms with Crippen LogP contribution in [0.3, 0.4) is 0 Å². The van der Waals surface area contributed by atoms with Crippen LogP contribution in [0.2, 0.25) is 47.7 Å². The van der Waals surface area contributed by atoms with E-state index in [4.69, 9.17) is 0 Å². The van der Waals surface area contributed by atoms with E-state index < -0.39 is 6.51 Å². The van der Waals surface area contributed by atoms with E-state index >= 15 is 0 Å². The number of rotatable bonds is 3. The first-order valence-electron chi connectivity index (χ1n) is 7.38. The van der Waals surface area contributed by atoms with Crippen LogP contribution in [-0.2, 0) is 6.51 Å². The summed E-state index contributed by atoms with van der Waals surface area (Å²) in [5.74, 6) is 0. The number of alkyl halides is 1. The topological polar surface area (TPSA) is 0 Å². The van der Waals surface area contributed by atoms with Crippen molar-refractivity contribution in [3.8, 4) is 0 Å². The van der Waals surface area contributed by atoms with Gasteiger partial charge in [-0.1, -0.05) is 0 Å². The van der Waals surface area contributed by atoms with Crippen LogP contribution in [0, 0.1) is 0 Å². The SMILES string of the molecule is CCCC(I)[C]12[CH]3[CH]4[CH]5[CH]1[Fe]45321678[CH]2[CH]1[CH]6[CH]7[CH]28. The van der Waals surface area contributed by atoms with Gasteiger partial charge in [0.05, 0.1) is 0 Å². The van der Waals surface area contributed by atoms with Crippen LogP contribution in [-0.4, -0.2) is 3.92 Å². The van der Waals surface area contributed by atoms with Crippen molar-refractivity contribution in [1.29, 1.82) is 0 Å². The van der Waals surface area contributed by atoms with Crippen molar-refractivity contribution in [1.82, 2.24) is 0 Å². The van der Waals surface area contributed by atoms with Gasteiger partial charge in [0.15, 0.2) is 0 Å². The second kappa shape index (κ2) is 0.532. The molecule has 0 aliphatic carbocycles. The van der Waals surface area contributed by atoms with Gasteiger partial charge < -0.3 is 0 Å². The third kappa shape index (κ3) is 0.0621. The molecule has 0 aromatic carbocycles. The van der Waals surface area contributed by atoms with Gasteiger partial charge in [-0.25, -0.2) is 0 Å². The summed E-state index contributed by atoms with van der Waals surface area (Å²) in [6.45, 7) is -0.234. The Hall–Kier alpha value is 1.25. The van der Waals surface area contributed by atoms with E-state index in [0.29, 0.717) is 0 Å². The predicted molar refractivity (Wildman–Crippen MR) is 69.2 cm³/mol. The monoisotopic (exact) mass is 368 g/mol. The number of halogens is 1. The second-order valence-electron chi connectivity index (χ2n) is 11.0. The molecule has 0 aromatic rings. The fourth-order valence-corrected chi connectivity index (χ4v) is 99.4. The van der Waals surface area contributed by atoms with Gasteiger partial charge in [0, 0.05) is 0 Å². The zero-order valence-electron chi connectivity index (χ0n) is 9.42. The average molecular weight is 368 g/mol. The third-order valence-corrected chi connectivity index (χ3v) is 60.7. The van der Waals surface area contributed by atoms with Crippen LogP contribution in [0.15, 0.2) is 0 Å². The van der Waals surface area contributed by atoms with E-state index in [1.54, 1.807) is 40.1 Å². The molecule has 0 bridgehead atoms. The molecule has 0 amide bonds. The zero-order valence-corrected chi connectivity index (χ0v) is 12.7. The third-order valence-electron chi connectivity index (χ3n) is 15.8. The summed E-state index contributed by atoms with van der Waals surface area (Å²) in [4.78, 5) is 13.9. The summed E-state index contributed by atoms with van der Waals surface area (Å²) in [6, 6.07) is 0. The molecule has 10 aliphatic rings. The zero-order chi connectivity index (χ0) is 10.0. The van der Waals surface area contributed by atoms with Gasteiger partial charge in [-0.05, 0) is 0 Å². The predicted octanol–water partition coefficient (Wildman–Crippen LogP) is 5.35. The van der Waals surface area contributed by atoms with Crippen LogP contribution in [0.5, 0.6) is 0 Å². The van der Waals surface area contributed by atoms with Gasteiger partial charge in [-0.3, -0.25) is 0 Å². The Morgan fingerprint density at radius 1 is 1.00 bits per heavy atom. The van der Waals surface area contributed by atoms with E-state index in [9.17, 15) is 0 Å². The van der Waals surface area contributed by atoms with Crippen molar-refractivity contribution < 1.29 is 6.51 Å². The first kappa shape index (κ1) is 6.61. The number of fused-ring (bicyclic) bond motifs is 10. The summed E-state index contributed by atoms with van der Waals surface area (Å²) < 4.78 is 2.36. The molecule has 2 heteroatoms. The van der Waals surface area contributed by atoms with Crippen LogP contribution in [0.4, 0.5) is 0 Å². The minimum absolute atomic E-state index is 1.17. The summed E-state index contributed by atoms with van der Waals surface area (Å²) in [6.07, 6.45) is 3.05. The molecule has 5 unspecified atom stereocenters. The Labute approximate surface area is 99.7 Å². The molecule has 88 valence electrons. The van der Waals surface area contributed by atoms with Crippen molar-refractivity contribution in [3.63, 3.8) is 0 Å². The Kier molecular flexibility index (Phi) is 0.220. The molecule has 0 radical (unpaired) electrons. The molecule has 0 nitrogen and oxygen atoms in total. The molecule has 1 spiro atoms. The van der Waals surface area contributed by atoms with E-state index in [-0.39, 0.29) is 0 Å². The number of hydrogen-bond acceptors (Lipinski definition) is 0. The average Bonchev–Trinajstić information content (AvgIpc) is 3.23. The van der Waals surface area contributed by atoms with E-state index in [2.05, 4.69) is 29.5 Å². The quantitative estimate of drug-likeness (QED) is 0.358. The first-order valence-corrected chi connectivity index (χ1v) is 14.9.